The SMILES string of the molecule is C=CCn1c(SCC(=O)NCC(=O)N(C)C)nc2ccc(Cl)cc2c1=O. The van der Waals surface area contributed by atoms with Gasteiger partial charge in [-0.2, -0.15) is 0 Å². The molecule has 0 spiro atoms. The van der Waals surface area contributed by atoms with Crippen LogP contribution in [0.15, 0.2) is 40.8 Å². The van der Waals surface area contributed by atoms with E-state index < -0.39 is 0 Å². The van der Waals surface area contributed by atoms with E-state index in [1.54, 1.807) is 38.4 Å². The van der Waals surface area contributed by atoms with Crippen LogP contribution in [0.4, 0.5) is 0 Å². The number of aromatic nitrogens is 2. The van der Waals surface area contributed by atoms with Crippen molar-refractivity contribution in [3.05, 3.63) is 46.2 Å². The predicted molar refractivity (Wildman–Crippen MR) is 104 cm³/mol. The van der Waals surface area contributed by atoms with Crippen LogP contribution in [0, 0.1) is 0 Å². The summed E-state index contributed by atoms with van der Waals surface area (Å²) in [6, 6.07) is 4.89. The summed E-state index contributed by atoms with van der Waals surface area (Å²) in [4.78, 5) is 42.0. The molecular formula is C17H19ClN4O3S. The maximum absolute atomic E-state index is 12.7. The van der Waals surface area contributed by atoms with Gasteiger partial charge in [0.25, 0.3) is 5.56 Å². The Kier molecular flexibility index (Phi) is 6.82. The second kappa shape index (κ2) is 8.86. The summed E-state index contributed by atoms with van der Waals surface area (Å²) in [6.07, 6.45) is 1.58. The number of allylic oxidation sites excluding steroid dienone is 1. The third-order valence-electron chi connectivity index (χ3n) is 3.46. The summed E-state index contributed by atoms with van der Waals surface area (Å²) in [7, 11) is 3.23. The molecule has 0 unspecified atom stereocenters. The number of carbonyl (C=O) groups is 2. The van der Waals surface area contributed by atoms with Gasteiger partial charge in [-0.3, -0.25) is 19.0 Å². The number of nitrogens with one attached hydrogen (secondary N) is 1. The number of rotatable bonds is 7. The zero-order chi connectivity index (χ0) is 19.3. The van der Waals surface area contributed by atoms with Gasteiger partial charge in [0.1, 0.15) is 0 Å². The minimum absolute atomic E-state index is 0.0311. The van der Waals surface area contributed by atoms with Crippen LogP contribution in [-0.2, 0) is 16.1 Å². The van der Waals surface area contributed by atoms with Crippen LogP contribution in [0.1, 0.15) is 0 Å². The first-order valence-corrected chi connectivity index (χ1v) is 9.10. The number of hydrogen-bond donors (Lipinski definition) is 1. The highest BCUT2D eigenvalue weighted by molar-refractivity contribution is 7.99. The van der Waals surface area contributed by atoms with Gasteiger partial charge in [-0.25, -0.2) is 4.98 Å². The Balaban J connectivity index is 2.20. The Labute approximate surface area is 160 Å². The molecule has 0 aliphatic carbocycles. The van der Waals surface area contributed by atoms with E-state index in [9.17, 15) is 14.4 Å². The first-order chi connectivity index (χ1) is 12.3. The monoisotopic (exact) mass is 394 g/mol. The molecule has 1 aromatic carbocycles. The minimum Gasteiger partial charge on any atom is -0.347 e. The fourth-order valence-corrected chi connectivity index (χ4v) is 3.10. The average Bonchev–Trinajstić information content (AvgIpc) is 2.61. The average molecular weight is 395 g/mol. The molecule has 9 heteroatoms. The molecule has 2 rings (SSSR count). The number of likely N-dealkylation sites (N-methyl/N-ethyl adjacent to an activating group) is 1. The standard InChI is InChI=1S/C17H19ClN4O3S/c1-4-7-22-16(25)12-8-11(18)5-6-13(12)20-17(22)26-10-14(23)19-9-15(24)21(2)3/h4-6,8H,1,7,9-10H2,2-3H3,(H,19,23). The van der Waals surface area contributed by atoms with Crippen molar-refractivity contribution in [2.75, 3.05) is 26.4 Å². The lowest BCUT2D eigenvalue weighted by atomic mass is 10.2. The zero-order valence-electron chi connectivity index (χ0n) is 14.5. The number of carbonyl (C=O) groups excluding carboxylic acids is 2. The van der Waals surface area contributed by atoms with Crippen molar-refractivity contribution in [1.29, 1.82) is 0 Å². The topological polar surface area (TPSA) is 84.3 Å². The summed E-state index contributed by atoms with van der Waals surface area (Å²) in [5.74, 6) is -0.489. The van der Waals surface area contributed by atoms with E-state index in [2.05, 4.69) is 16.9 Å². The van der Waals surface area contributed by atoms with Gasteiger partial charge in [-0.1, -0.05) is 29.4 Å². The Bertz CT molecular complexity index is 911. The maximum atomic E-state index is 12.7. The second-order valence-electron chi connectivity index (χ2n) is 5.61. The van der Waals surface area contributed by atoms with Crippen LogP contribution in [-0.4, -0.2) is 52.7 Å². The van der Waals surface area contributed by atoms with Gasteiger partial charge in [0.2, 0.25) is 11.8 Å². The molecule has 0 radical (unpaired) electrons. The molecule has 0 atom stereocenters. The molecule has 0 saturated heterocycles. The van der Waals surface area contributed by atoms with E-state index in [4.69, 9.17) is 11.6 Å². The molecule has 26 heavy (non-hydrogen) atoms. The smallest absolute Gasteiger partial charge is 0.262 e. The lowest BCUT2D eigenvalue weighted by Crippen LogP contribution is -2.37. The van der Waals surface area contributed by atoms with Gasteiger partial charge in [0, 0.05) is 25.7 Å². The first-order valence-electron chi connectivity index (χ1n) is 7.74. The van der Waals surface area contributed by atoms with Gasteiger partial charge in [-0.05, 0) is 18.2 Å². The van der Waals surface area contributed by atoms with E-state index in [0.717, 1.165) is 11.8 Å². The quantitative estimate of drug-likeness (QED) is 0.437. The summed E-state index contributed by atoms with van der Waals surface area (Å²) in [5.41, 5.74) is 0.258. The van der Waals surface area contributed by atoms with E-state index in [-0.39, 0.29) is 36.2 Å². The van der Waals surface area contributed by atoms with Crippen molar-refractivity contribution < 1.29 is 9.59 Å². The normalized spacial score (nSPS) is 10.6. The van der Waals surface area contributed by atoms with Gasteiger partial charge in [0.05, 0.1) is 23.2 Å². The zero-order valence-corrected chi connectivity index (χ0v) is 16.1. The van der Waals surface area contributed by atoms with E-state index in [0.29, 0.717) is 21.1 Å². The highest BCUT2D eigenvalue weighted by atomic mass is 35.5. The third kappa shape index (κ3) is 4.86. The Morgan fingerprint density at radius 2 is 2.15 bits per heavy atom. The molecule has 1 aromatic heterocycles. The van der Waals surface area contributed by atoms with Crippen LogP contribution >= 0.6 is 23.4 Å². The number of fused-ring (bicyclic) bond motifs is 1. The van der Waals surface area contributed by atoms with Crippen molar-refractivity contribution in [3.8, 4) is 0 Å². The molecule has 2 aromatic rings. The van der Waals surface area contributed by atoms with Gasteiger partial charge in [-0.15, -0.1) is 6.58 Å². The first kappa shape index (κ1) is 20.0. The van der Waals surface area contributed by atoms with Crippen molar-refractivity contribution in [1.82, 2.24) is 19.8 Å². The van der Waals surface area contributed by atoms with Crippen LogP contribution in [0.3, 0.4) is 0 Å². The molecule has 0 bridgehead atoms. The van der Waals surface area contributed by atoms with Crippen LogP contribution in [0.5, 0.6) is 0 Å². The van der Waals surface area contributed by atoms with Crippen molar-refractivity contribution in [2.45, 2.75) is 11.7 Å². The van der Waals surface area contributed by atoms with Crippen LogP contribution in [0.25, 0.3) is 10.9 Å². The third-order valence-corrected chi connectivity index (χ3v) is 4.67. The molecule has 7 nitrogen and oxygen atoms in total. The predicted octanol–water partition coefficient (Wildman–Crippen LogP) is 1.53. The lowest BCUT2D eigenvalue weighted by molar-refractivity contribution is -0.130. The molecule has 0 saturated carbocycles. The number of amides is 2. The molecule has 1 heterocycles. The fraction of sp³-hybridized carbons (Fsp3) is 0.294. The molecule has 0 fully saturated rings. The summed E-state index contributed by atoms with van der Waals surface area (Å²) in [5, 5.41) is 3.80. The molecule has 0 aliphatic heterocycles. The lowest BCUT2D eigenvalue weighted by Gasteiger charge is -2.12. The minimum atomic E-state index is -0.319. The molecule has 138 valence electrons. The Morgan fingerprint density at radius 1 is 1.42 bits per heavy atom. The van der Waals surface area contributed by atoms with Gasteiger partial charge >= 0.3 is 0 Å². The number of thioether (sulfide) groups is 1. The highest BCUT2D eigenvalue weighted by Gasteiger charge is 2.14. The van der Waals surface area contributed by atoms with Crippen LogP contribution < -0.4 is 10.9 Å². The number of halogens is 1. The molecule has 1 N–H and O–H groups in total. The van der Waals surface area contributed by atoms with Crippen molar-refractivity contribution in [2.24, 2.45) is 0 Å². The fourth-order valence-electron chi connectivity index (χ4n) is 2.09. The molecule has 0 aliphatic rings. The summed E-state index contributed by atoms with van der Waals surface area (Å²) < 4.78 is 1.44. The van der Waals surface area contributed by atoms with Crippen LogP contribution in [0.2, 0.25) is 5.02 Å². The van der Waals surface area contributed by atoms with Crippen molar-refractivity contribution >= 4 is 46.1 Å². The van der Waals surface area contributed by atoms with Crippen molar-refractivity contribution in [3.63, 3.8) is 0 Å². The number of hydrogen-bond acceptors (Lipinski definition) is 5. The largest absolute Gasteiger partial charge is 0.347 e. The number of benzene rings is 1. The van der Waals surface area contributed by atoms with Gasteiger partial charge < -0.3 is 10.2 Å². The Hall–Kier alpha value is -2.32. The summed E-state index contributed by atoms with van der Waals surface area (Å²) >= 11 is 7.08. The maximum Gasteiger partial charge on any atom is 0.262 e. The summed E-state index contributed by atoms with van der Waals surface area (Å²) in [6.45, 7) is 3.84. The second-order valence-corrected chi connectivity index (χ2v) is 6.99. The van der Waals surface area contributed by atoms with E-state index >= 15 is 0 Å². The number of nitrogens with zero attached hydrogens (tertiary/aromatic N) is 3. The highest BCUT2D eigenvalue weighted by Crippen LogP contribution is 2.20. The molecule has 2 amide bonds. The van der Waals surface area contributed by atoms with Gasteiger partial charge in [0.15, 0.2) is 5.16 Å². The Morgan fingerprint density at radius 3 is 2.81 bits per heavy atom. The van der Waals surface area contributed by atoms with E-state index in [1.807, 2.05) is 0 Å². The van der Waals surface area contributed by atoms with E-state index in [1.165, 1.54) is 9.47 Å². The molecular weight excluding hydrogens is 376 g/mol.